The predicted octanol–water partition coefficient (Wildman–Crippen LogP) is 4.08. The van der Waals surface area contributed by atoms with Crippen molar-refractivity contribution < 1.29 is 4.42 Å². The van der Waals surface area contributed by atoms with E-state index in [9.17, 15) is 0 Å². The first kappa shape index (κ1) is 11.1. The number of aromatic amines is 1. The molecule has 2 aromatic rings. The monoisotopic (exact) mass is 217 g/mol. The highest BCUT2D eigenvalue weighted by Crippen LogP contribution is 2.23. The van der Waals surface area contributed by atoms with Gasteiger partial charge in [0.2, 0.25) is 0 Å². The molecule has 0 bridgehead atoms. The summed E-state index contributed by atoms with van der Waals surface area (Å²) in [5.41, 5.74) is 2.55. The lowest BCUT2D eigenvalue weighted by Gasteiger charge is -2.06. The molecule has 1 unspecified atom stereocenters. The van der Waals surface area contributed by atoms with Crippen LogP contribution in [0.1, 0.15) is 49.6 Å². The molecule has 0 aliphatic heterocycles. The van der Waals surface area contributed by atoms with Crippen molar-refractivity contribution >= 4 is 0 Å². The van der Waals surface area contributed by atoms with Gasteiger partial charge < -0.3 is 9.40 Å². The Morgan fingerprint density at radius 3 is 2.69 bits per heavy atom. The first-order valence-electron chi connectivity index (χ1n) is 5.87. The van der Waals surface area contributed by atoms with E-state index in [1.165, 1.54) is 11.3 Å². The second-order valence-electron chi connectivity index (χ2n) is 4.73. The van der Waals surface area contributed by atoms with Crippen LogP contribution in [-0.4, -0.2) is 4.98 Å². The van der Waals surface area contributed by atoms with Crippen LogP contribution in [0.2, 0.25) is 0 Å². The first-order chi connectivity index (χ1) is 7.66. The van der Waals surface area contributed by atoms with Gasteiger partial charge in [-0.2, -0.15) is 0 Å². The molecule has 0 aliphatic rings. The zero-order chi connectivity index (χ0) is 11.5. The molecule has 16 heavy (non-hydrogen) atoms. The zero-order valence-electron chi connectivity index (χ0n) is 10.2. The minimum atomic E-state index is 0.473. The van der Waals surface area contributed by atoms with E-state index in [0.29, 0.717) is 11.8 Å². The molecule has 0 aromatic carbocycles. The Bertz CT molecular complexity index is 425. The van der Waals surface area contributed by atoms with E-state index in [2.05, 4.69) is 37.9 Å². The average Bonchev–Trinajstić information content (AvgIpc) is 2.87. The van der Waals surface area contributed by atoms with Gasteiger partial charge in [0.1, 0.15) is 5.76 Å². The van der Waals surface area contributed by atoms with Crippen LogP contribution < -0.4 is 0 Å². The van der Waals surface area contributed by atoms with Crippen molar-refractivity contribution in [3.63, 3.8) is 0 Å². The fourth-order valence-corrected chi connectivity index (χ4v) is 1.87. The van der Waals surface area contributed by atoms with Crippen molar-refractivity contribution in [1.29, 1.82) is 0 Å². The van der Waals surface area contributed by atoms with Crippen molar-refractivity contribution in [1.82, 2.24) is 4.98 Å². The van der Waals surface area contributed by atoms with Crippen LogP contribution in [-0.2, 0) is 6.42 Å². The number of hydrogen-bond acceptors (Lipinski definition) is 1. The normalized spacial score (nSPS) is 13.2. The topological polar surface area (TPSA) is 28.9 Å². The summed E-state index contributed by atoms with van der Waals surface area (Å²) in [6, 6.07) is 6.33. The standard InChI is InChI=1S/C14H19NO/c1-10(2)12-8-13(16-9-12)7-11(3)14-5-4-6-15-14/h4-6,8-11,15H,7H2,1-3H3. The number of furan rings is 1. The third kappa shape index (κ3) is 2.38. The Kier molecular flexibility index (Phi) is 3.18. The lowest BCUT2D eigenvalue weighted by Crippen LogP contribution is -1.97. The van der Waals surface area contributed by atoms with Gasteiger partial charge in [-0.3, -0.25) is 0 Å². The van der Waals surface area contributed by atoms with Gasteiger partial charge in [0.25, 0.3) is 0 Å². The van der Waals surface area contributed by atoms with Crippen LogP contribution in [0.15, 0.2) is 35.1 Å². The van der Waals surface area contributed by atoms with Crippen LogP contribution >= 0.6 is 0 Å². The van der Waals surface area contributed by atoms with E-state index in [-0.39, 0.29) is 0 Å². The van der Waals surface area contributed by atoms with Gasteiger partial charge >= 0.3 is 0 Å². The van der Waals surface area contributed by atoms with Gasteiger partial charge in [-0.1, -0.05) is 20.8 Å². The minimum absolute atomic E-state index is 0.473. The maximum atomic E-state index is 5.58. The largest absolute Gasteiger partial charge is 0.469 e. The summed E-state index contributed by atoms with van der Waals surface area (Å²) >= 11 is 0. The van der Waals surface area contributed by atoms with E-state index in [0.717, 1.165) is 12.2 Å². The summed E-state index contributed by atoms with van der Waals surface area (Å²) in [5.74, 6) is 2.09. The SMILES string of the molecule is CC(C)c1coc(CC(C)c2ccc[nH]2)c1. The molecule has 2 heteroatoms. The zero-order valence-corrected chi connectivity index (χ0v) is 10.2. The molecule has 2 rings (SSSR count). The molecule has 0 aliphatic carbocycles. The summed E-state index contributed by atoms with van der Waals surface area (Å²) in [6.45, 7) is 6.58. The molecule has 86 valence electrons. The number of hydrogen-bond donors (Lipinski definition) is 1. The summed E-state index contributed by atoms with van der Waals surface area (Å²) in [6.07, 6.45) is 4.79. The van der Waals surface area contributed by atoms with Gasteiger partial charge in [-0.25, -0.2) is 0 Å². The first-order valence-corrected chi connectivity index (χ1v) is 5.87. The molecule has 1 N–H and O–H groups in total. The van der Waals surface area contributed by atoms with Gasteiger partial charge in [-0.05, 0) is 29.7 Å². The highest BCUT2D eigenvalue weighted by atomic mass is 16.3. The molecule has 0 saturated heterocycles. The molecule has 2 nitrogen and oxygen atoms in total. The van der Waals surface area contributed by atoms with Gasteiger partial charge in [0.05, 0.1) is 6.26 Å². The smallest absolute Gasteiger partial charge is 0.104 e. The van der Waals surface area contributed by atoms with Crippen molar-refractivity contribution in [3.05, 3.63) is 47.7 Å². The number of nitrogens with one attached hydrogen (secondary N) is 1. The molecule has 1 atom stereocenters. The van der Waals surface area contributed by atoms with Crippen molar-refractivity contribution in [2.24, 2.45) is 0 Å². The molecule has 2 aromatic heterocycles. The molecule has 0 saturated carbocycles. The van der Waals surface area contributed by atoms with Gasteiger partial charge in [0.15, 0.2) is 0 Å². The molecular weight excluding hydrogens is 198 g/mol. The quantitative estimate of drug-likeness (QED) is 0.821. The van der Waals surface area contributed by atoms with Crippen LogP contribution in [0.3, 0.4) is 0 Å². The van der Waals surface area contributed by atoms with Crippen LogP contribution in [0.5, 0.6) is 0 Å². The lowest BCUT2D eigenvalue weighted by atomic mass is 10.0. The Morgan fingerprint density at radius 2 is 2.12 bits per heavy atom. The van der Waals surface area contributed by atoms with Gasteiger partial charge in [-0.15, -0.1) is 0 Å². The van der Waals surface area contributed by atoms with E-state index < -0.39 is 0 Å². The van der Waals surface area contributed by atoms with Crippen LogP contribution in [0.25, 0.3) is 0 Å². The van der Waals surface area contributed by atoms with Crippen molar-refractivity contribution in [3.8, 4) is 0 Å². The Balaban J connectivity index is 2.03. The Morgan fingerprint density at radius 1 is 1.31 bits per heavy atom. The minimum Gasteiger partial charge on any atom is -0.469 e. The third-order valence-electron chi connectivity index (χ3n) is 3.00. The maximum absolute atomic E-state index is 5.58. The third-order valence-corrected chi connectivity index (χ3v) is 3.00. The summed E-state index contributed by atoms with van der Waals surface area (Å²) in [4.78, 5) is 3.25. The fraction of sp³-hybridized carbons (Fsp3) is 0.429. The predicted molar refractivity (Wildman–Crippen MR) is 65.7 cm³/mol. The summed E-state index contributed by atoms with van der Waals surface area (Å²) in [7, 11) is 0. The number of rotatable bonds is 4. The second kappa shape index (κ2) is 4.60. The number of H-pyrrole nitrogens is 1. The molecule has 0 spiro atoms. The average molecular weight is 217 g/mol. The highest BCUT2D eigenvalue weighted by Gasteiger charge is 2.11. The summed E-state index contributed by atoms with van der Waals surface area (Å²) in [5, 5.41) is 0. The summed E-state index contributed by atoms with van der Waals surface area (Å²) < 4.78 is 5.58. The van der Waals surface area contributed by atoms with Crippen LogP contribution in [0, 0.1) is 0 Å². The second-order valence-corrected chi connectivity index (χ2v) is 4.73. The van der Waals surface area contributed by atoms with Crippen molar-refractivity contribution in [2.75, 3.05) is 0 Å². The molecule has 0 radical (unpaired) electrons. The Hall–Kier alpha value is -1.44. The van der Waals surface area contributed by atoms with Crippen molar-refractivity contribution in [2.45, 2.75) is 39.0 Å². The molecule has 0 fully saturated rings. The highest BCUT2D eigenvalue weighted by molar-refractivity contribution is 5.19. The van der Waals surface area contributed by atoms with E-state index in [1.54, 1.807) is 0 Å². The molecule has 0 amide bonds. The Labute approximate surface area is 96.7 Å². The number of aromatic nitrogens is 1. The van der Waals surface area contributed by atoms with E-state index >= 15 is 0 Å². The molecule has 2 heterocycles. The van der Waals surface area contributed by atoms with Gasteiger partial charge in [0, 0.05) is 24.2 Å². The fourth-order valence-electron chi connectivity index (χ4n) is 1.87. The maximum Gasteiger partial charge on any atom is 0.104 e. The van der Waals surface area contributed by atoms with E-state index in [1.807, 2.05) is 18.5 Å². The molecular formula is C14H19NO. The van der Waals surface area contributed by atoms with Crippen LogP contribution in [0.4, 0.5) is 0 Å². The van der Waals surface area contributed by atoms with E-state index in [4.69, 9.17) is 4.42 Å². The lowest BCUT2D eigenvalue weighted by molar-refractivity contribution is 0.489.